The van der Waals surface area contributed by atoms with E-state index in [0.29, 0.717) is 12.0 Å². The van der Waals surface area contributed by atoms with Gasteiger partial charge in [-0.3, -0.25) is 4.79 Å². The number of halogens is 3. The highest BCUT2D eigenvalue weighted by molar-refractivity contribution is 5.87. The minimum Gasteiger partial charge on any atom is -0.480 e. The minimum atomic E-state index is -4.64. The van der Waals surface area contributed by atoms with Gasteiger partial charge >= 0.3 is 12.1 Å². The first-order valence-electron chi connectivity index (χ1n) is 8.06. The number of carbonyl (C=O) groups excluding carboxylic acids is 1. The van der Waals surface area contributed by atoms with Gasteiger partial charge in [0.05, 0.1) is 12.0 Å². The second-order valence-electron chi connectivity index (χ2n) is 6.11. The summed E-state index contributed by atoms with van der Waals surface area (Å²) in [6, 6.07) is 11.3. The molecule has 0 aromatic heterocycles. The molecule has 1 N–H and O–H groups in total. The summed E-state index contributed by atoms with van der Waals surface area (Å²) < 4.78 is 41.2. The zero-order chi connectivity index (χ0) is 18.9. The molecule has 1 atom stereocenters. The van der Waals surface area contributed by atoms with Gasteiger partial charge in [-0.2, -0.15) is 13.2 Å². The Morgan fingerprint density at radius 2 is 1.77 bits per heavy atom. The number of carboxylic acid groups (broad SMARTS) is 1. The van der Waals surface area contributed by atoms with E-state index < -0.39 is 36.1 Å². The molecule has 0 saturated carbocycles. The highest BCUT2D eigenvalue weighted by atomic mass is 19.4. The molecule has 1 saturated heterocycles. The van der Waals surface area contributed by atoms with Gasteiger partial charge in [0.1, 0.15) is 6.04 Å². The smallest absolute Gasteiger partial charge is 0.417 e. The van der Waals surface area contributed by atoms with Crippen LogP contribution in [0.5, 0.6) is 0 Å². The van der Waals surface area contributed by atoms with Crippen LogP contribution in [0.25, 0.3) is 11.1 Å². The zero-order valence-electron chi connectivity index (χ0n) is 13.7. The first-order valence-corrected chi connectivity index (χ1v) is 8.06. The van der Waals surface area contributed by atoms with Crippen molar-refractivity contribution in [2.45, 2.75) is 25.1 Å². The fourth-order valence-electron chi connectivity index (χ4n) is 3.15. The monoisotopic (exact) mass is 363 g/mol. The molecular formula is C19H16F3NO3. The molecule has 26 heavy (non-hydrogen) atoms. The van der Waals surface area contributed by atoms with Crippen molar-refractivity contribution in [3.8, 4) is 11.1 Å². The summed E-state index contributed by atoms with van der Waals surface area (Å²) in [4.78, 5) is 24.5. The Labute approximate surface area is 147 Å². The van der Waals surface area contributed by atoms with Crippen molar-refractivity contribution in [2.75, 3.05) is 6.54 Å². The average molecular weight is 363 g/mol. The van der Waals surface area contributed by atoms with Crippen LogP contribution in [-0.4, -0.2) is 34.5 Å². The fraction of sp³-hybridized carbons (Fsp3) is 0.263. The summed E-state index contributed by atoms with van der Waals surface area (Å²) in [6.45, 7) is 0.246. The molecular weight excluding hydrogens is 347 g/mol. The summed E-state index contributed by atoms with van der Waals surface area (Å²) in [5.74, 6) is -1.75. The van der Waals surface area contributed by atoms with Crippen molar-refractivity contribution >= 4 is 11.9 Å². The highest BCUT2D eigenvalue weighted by Gasteiger charge is 2.40. The fourth-order valence-corrected chi connectivity index (χ4v) is 3.15. The third-order valence-electron chi connectivity index (χ3n) is 4.49. The quantitative estimate of drug-likeness (QED) is 0.903. The molecule has 2 aromatic rings. The lowest BCUT2D eigenvalue weighted by molar-refractivity contribution is -0.157. The largest absolute Gasteiger partial charge is 0.480 e. The summed E-state index contributed by atoms with van der Waals surface area (Å²) in [6.07, 6.45) is -4.81. The van der Waals surface area contributed by atoms with Gasteiger partial charge in [0.15, 0.2) is 0 Å². The van der Waals surface area contributed by atoms with E-state index in [1.807, 2.05) is 0 Å². The summed E-state index contributed by atoms with van der Waals surface area (Å²) in [7, 11) is 0. The molecule has 1 unspecified atom stereocenters. The van der Waals surface area contributed by atoms with Crippen LogP contribution in [0.3, 0.4) is 0 Å². The number of nitrogens with zero attached hydrogens (tertiary/aromatic N) is 1. The molecule has 0 aliphatic carbocycles. The molecule has 0 spiro atoms. The molecule has 1 aliphatic rings. The molecule has 1 heterocycles. The minimum absolute atomic E-state index is 0.00166. The number of likely N-dealkylation sites (tertiary alicyclic amines) is 1. The lowest BCUT2D eigenvalue weighted by atomic mass is 9.92. The molecule has 1 aliphatic heterocycles. The number of amides is 1. The Morgan fingerprint density at radius 1 is 1.08 bits per heavy atom. The van der Waals surface area contributed by atoms with Crippen LogP contribution in [0.1, 0.15) is 17.5 Å². The van der Waals surface area contributed by atoms with E-state index in [9.17, 15) is 22.8 Å². The van der Waals surface area contributed by atoms with Crippen LogP contribution in [0, 0.1) is 0 Å². The Bertz CT molecular complexity index is 834. The molecule has 0 bridgehead atoms. The summed E-state index contributed by atoms with van der Waals surface area (Å²) in [5.41, 5.74) is -0.602. The predicted octanol–water partition coefficient (Wildman–Crippen LogP) is 3.60. The van der Waals surface area contributed by atoms with Crippen molar-refractivity contribution < 1.29 is 27.9 Å². The Morgan fingerprint density at radius 3 is 2.31 bits per heavy atom. The molecule has 136 valence electrons. The van der Waals surface area contributed by atoms with Gasteiger partial charge in [0.25, 0.3) is 0 Å². The van der Waals surface area contributed by atoms with Crippen LogP contribution in [0.2, 0.25) is 0 Å². The first kappa shape index (κ1) is 18.0. The molecule has 0 radical (unpaired) electrons. The molecule has 1 fully saturated rings. The van der Waals surface area contributed by atoms with Crippen molar-refractivity contribution in [3.63, 3.8) is 0 Å². The number of alkyl halides is 3. The van der Waals surface area contributed by atoms with E-state index in [1.165, 1.54) is 18.2 Å². The number of benzene rings is 2. The lowest BCUT2D eigenvalue weighted by Gasteiger charge is -2.38. The second-order valence-corrected chi connectivity index (χ2v) is 6.11. The first-order chi connectivity index (χ1) is 12.3. The standard InChI is InChI=1S/C19H16F3NO3/c20-19(21,22)17-13(11-16(24)23-10-9-15(23)18(25)26)7-4-8-14(17)12-5-2-1-3-6-12/h1-8,15H,9-11H2,(H,25,26). The number of hydrogen-bond acceptors (Lipinski definition) is 2. The van der Waals surface area contributed by atoms with E-state index >= 15 is 0 Å². The van der Waals surface area contributed by atoms with Crippen molar-refractivity contribution in [3.05, 3.63) is 59.7 Å². The van der Waals surface area contributed by atoms with E-state index in [0.717, 1.165) is 4.90 Å². The number of rotatable bonds is 4. The number of carbonyl (C=O) groups is 2. The van der Waals surface area contributed by atoms with E-state index in [2.05, 4.69) is 0 Å². The summed E-state index contributed by atoms with van der Waals surface area (Å²) in [5, 5.41) is 9.02. The molecule has 2 aromatic carbocycles. The van der Waals surface area contributed by atoms with Crippen LogP contribution in [0.4, 0.5) is 13.2 Å². The molecule has 7 heteroatoms. The maximum absolute atomic E-state index is 13.7. The van der Waals surface area contributed by atoms with Crippen molar-refractivity contribution in [2.24, 2.45) is 0 Å². The molecule has 1 amide bonds. The predicted molar refractivity (Wildman–Crippen MR) is 88.3 cm³/mol. The topological polar surface area (TPSA) is 57.6 Å². The lowest BCUT2D eigenvalue weighted by Crippen LogP contribution is -2.55. The normalized spacial score (nSPS) is 16.9. The van der Waals surface area contributed by atoms with Gasteiger partial charge in [0.2, 0.25) is 5.91 Å². The van der Waals surface area contributed by atoms with E-state index in [-0.39, 0.29) is 17.7 Å². The van der Waals surface area contributed by atoms with Crippen LogP contribution in [0.15, 0.2) is 48.5 Å². The summed E-state index contributed by atoms with van der Waals surface area (Å²) >= 11 is 0. The SMILES string of the molecule is O=C(O)C1CCN1C(=O)Cc1cccc(-c2ccccc2)c1C(F)(F)F. The molecule has 3 rings (SSSR count). The van der Waals surface area contributed by atoms with Gasteiger partial charge in [-0.1, -0.05) is 48.5 Å². The van der Waals surface area contributed by atoms with Crippen molar-refractivity contribution in [1.29, 1.82) is 0 Å². The van der Waals surface area contributed by atoms with Crippen molar-refractivity contribution in [1.82, 2.24) is 4.90 Å². The van der Waals surface area contributed by atoms with E-state index in [4.69, 9.17) is 5.11 Å². The number of hydrogen-bond donors (Lipinski definition) is 1. The maximum Gasteiger partial charge on any atom is 0.417 e. The maximum atomic E-state index is 13.7. The third-order valence-corrected chi connectivity index (χ3v) is 4.49. The van der Waals surface area contributed by atoms with Gasteiger partial charge in [-0.05, 0) is 23.1 Å². The number of aliphatic carboxylic acids is 1. The van der Waals surface area contributed by atoms with Gasteiger partial charge in [-0.25, -0.2) is 4.79 Å². The Kier molecular flexibility index (Phi) is 4.71. The van der Waals surface area contributed by atoms with E-state index in [1.54, 1.807) is 30.3 Å². The van der Waals surface area contributed by atoms with Gasteiger partial charge in [0, 0.05) is 6.54 Å². The zero-order valence-corrected chi connectivity index (χ0v) is 13.7. The van der Waals surface area contributed by atoms with Gasteiger partial charge < -0.3 is 10.0 Å². The average Bonchev–Trinajstić information content (AvgIpc) is 2.52. The Balaban J connectivity index is 1.97. The third kappa shape index (κ3) is 3.42. The highest BCUT2D eigenvalue weighted by Crippen LogP contribution is 2.40. The van der Waals surface area contributed by atoms with Crippen LogP contribution in [-0.2, 0) is 22.2 Å². The molecule has 4 nitrogen and oxygen atoms in total. The van der Waals surface area contributed by atoms with Crippen LogP contribution >= 0.6 is 0 Å². The van der Waals surface area contributed by atoms with Gasteiger partial charge in [-0.15, -0.1) is 0 Å². The Hall–Kier alpha value is -2.83. The second kappa shape index (κ2) is 6.82. The number of carboxylic acids is 1. The van der Waals surface area contributed by atoms with Crippen LogP contribution < -0.4 is 0 Å².